The molecule has 0 aliphatic carbocycles. The van der Waals surface area contributed by atoms with Gasteiger partial charge in [-0.25, -0.2) is 0 Å². The molecule has 0 amide bonds. The Morgan fingerprint density at radius 2 is 2.40 bits per heavy atom. The zero-order valence-electron chi connectivity index (χ0n) is 8.01. The van der Waals surface area contributed by atoms with Gasteiger partial charge in [-0.05, 0) is 6.07 Å². The molecule has 2 rings (SSSR count). The summed E-state index contributed by atoms with van der Waals surface area (Å²) in [6.07, 6.45) is 8.85. The zero-order valence-corrected chi connectivity index (χ0v) is 8.83. The summed E-state index contributed by atoms with van der Waals surface area (Å²) in [5.74, 6) is 3.35. The molecule has 0 aliphatic heterocycles. The summed E-state index contributed by atoms with van der Waals surface area (Å²) in [7, 11) is 0. The Morgan fingerprint density at radius 1 is 1.47 bits per heavy atom. The van der Waals surface area contributed by atoms with Gasteiger partial charge in [-0.2, -0.15) is 0 Å². The molecule has 0 spiro atoms. The zero-order chi connectivity index (χ0) is 10.5. The first kappa shape index (κ1) is 9.75. The second kappa shape index (κ2) is 4.63. The summed E-state index contributed by atoms with van der Waals surface area (Å²) in [5, 5.41) is 3.81. The quantitative estimate of drug-likeness (QED) is 0.734. The molecule has 0 unspecified atom stereocenters. The fourth-order valence-electron chi connectivity index (χ4n) is 1.15. The van der Waals surface area contributed by atoms with Crippen LogP contribution in [0.15, 0.2) is 35.3 Å². The lowest BCUT2D eigenvalue weighted by atomic mass is 10.3. The largest absolute Gasteiger partial charge is 0.487 e. The molecule has 0 radical (unpaired) electrons. The third-order valence-corrected chi connectivity index (χ3v) is 2.62. The Hall–Kier alpha value is -1.79. The van der Waals surface area contributed by atoms with Crippen LogP contribution in [-0.2, 0) is 6.61 Å². The van der Waals surface area contributed by atoms with Gasteiger partial charge in [-0.3, -0.25) is 4.98 Å². The first-order valence-corrected chi connectivity index (χ1v) is 5.39. The van der Waals surface area contributed by atoms with Crippen LogP contribution in [0.3, 0.4) is 0 Å². The Balaban J connectivity index is 2.03. The van der Waals surface area contributed by atoms with Crippen LogP contribution in [0.25, 0.3) is 0 Å². The minimum absolute atomic E-state index is 0.499. The molecule has 2 nitrogen and oxygen atoms in total. The van der Waals surface area contributed by atoms with Crippen LogP contribution < -0.4 is 4.74 Å². The Bertz CT molecular complexity index is 470. The monoisotopic (exact) mass is 215 g/mol. The van der Waals surface area contributed by atoms with Crippen molar-refractivity contribution in [2.45, 2.75) is 6.61 Å². The summed E-state index contributed by atoms with van der Waals surface area (Å²) >= 11 is 1.54. The van der Waals surface area contributed by atoms with Crippen molar-refractivity contribution in [3.8, 4) is 18.1 Å². The topological polar surface area (TPSA) is 22.1 Å². The maximum Gasteiger partial charge on any atom is 0.146 e. The molecule has 0 aromatic carbocycles. The highest BCUT2D eigenvalue weighted by atomic mass is 32.1. The van der Waals surface area contributed by atoms with Crippen molar-refractivity contribution in [2.24, 2.45) is 0 Å². The van der Waals surface area contributed by atoms with Crippen LogP contribution in [-0.4, -0.2) is 4.98 Å². The molecule has 15 heavy (non-hydrogen) atoms. The summed E-state index contributed by atoms with van der Waals surface area (Å²) < 4.78 is 5.58. The number of nitrogens with zero attached hydrogens (tertiary/aromatic N) is 1. The van der Waals surface area contributed by atoms with Gasteiger partial charge in [-0.1, -0.05) is 12.0 Å². The van der Waals surface area contributed by atoms with Gasteiger partial charge in [0, 0.05) is 28.7 Å². The summed E-state index contributed by atoms with van der Waals surface area (Å²) in [6.45, 7) is 0.499. The van der Waals surface area contributed by atoms with E-state index in [4.69, 9.17) is 11.2 Å². The highest BCUT2D eigenvalue weighted by Gasteiger charge is 2.02. The van der Waals surface area contributed by atoms with Crippen molar-refractivity contribution >= 4 is 11.3 Å². The molecule has 0 aliphatic rings. The highest BCUT2D eigenvalue weighted by molar-refractivity contribution is 7.08. The van der Waals surface area contributed by atoms with Crippen molar-refractivity contribution in [2.75, 3.05) is 0 Å². The van der Waals surface area contributed by atoms with Gasteiger partial charge in [0.1, 0.15) is 12.4 Å². The first-order valence-electron chi connectivity index (χ1n) is 4.44. The average Bonchev–Trinajstić information content (AvgIpc) is 2.75. The Labute approximate surface area is 92.6 Å². The Kier molecular flexibility index (Phi) is 3.01. The predicted octanol–water partition coefficient (Wildman–Crippen LogP) is 2.70. The first-order chi connectivity index (χ1) is 7.40. The van der Waals surface area contributed by atoms with Gasteiger partial charge in [0.25, 0.3) is 0 Å². The third-order valence-electron chi connectivity index (χ3n) is 1.90. The van der Waals surface area contributed by atoms with Crippen LogP contribution in [0.2, 0.25) is 0 Å². The number of pyridine rings is 1. The van der Waals surface area contributed by atoms with E-state index in [1.54, 1.807) is 23.7 Å². The van der Waals surface area contributed by atoms with E-state index in [0.717, 1.165) is 16.9 Å². The molecule has 0 bridgehead atoms. The summed E-state index contributed by atoms with van der Waals surface area (Å²) in [6, 6.07) is 3.85. The SMILES string of the molecule is C#Cc1cscc1OCc1cccnc1. The number of hydrogen-bond acceptors (Lipinski definition) is 3. The number of terminal acetylenes is 1. The van der Waals surface area contributed by atoms with Gasteiger partial charge in [-0.15, -0.1) is 17.8 Å². The molecule has 2 aromatic heterocycles. The van der Waals surface area contributed by atoms with Crippen molar-refractivity contribution in [3.63, 3.8) is 0 Å². The lowest BCUT2D eigenvalue weighted by molar-refractivity contribution is 0.306. The standard InChI is InChI=1S/C12H9NOS/c1-2-11-8-15-9-12(11)14-7-10-4-3-5-13-6-10/h1,3-6,8-9H,7H2. The molecule has 74 valence electrons. The van der Waals surface area contributed by atoms with E-state index >= 15 is 0 Å². The average molecular weight is 215 g/mol. The molecular formula is C12H9NOS. The maximum absolute atomic E-state index is 5.58. The fourth-order valence-corrected chi connectivity index (χ4v) is 1.85. The van der Waals surface area contributed by atoms with Gasteiger partial charge in [0.2, 0.25) is 0 Å². The van der Waals surface area contributed by atoms with Crippen LogP contribution in [0, 0.1) is 12.3 Å². The highest BCUT2D eigenvalue weighted by Crippen LogP contribution is 2.23. The van der Waals surface area contributed by atoms with Crippen LogP contribution in [0.1, 0.15) is 11.1 Å². The van der Waals surface area contributed by atoms with Crippen LogP contribution in [0.4, 0.5) is 0 Å². The molecule has 0 saturated heterocycles. The second-order valence-corrected chi connectivity index (χ2v) is 3.69. The van der Waals surface area contributed by atoms with Crippen molar-refractivity contribution in [1.29, 1.82) is 0 Å². The van der Waals surface area contributed by atoms with Gasteiger partial charge < -0.3 is 4.74 Å². The minimum atomic E-state index is 0.499. The Morgan fingerprint density at radius 3 is 3.13 bits per heavy atom. The van der Waals surface area contributed by atoms with Crippen molar-refractivity contribution in [3.05, 3.63) is 46.4 Å². The number of aromatic nitrogens is 1. The van der Waals surface area contributed by atoms with E-state index in [2.05, 4.69) is 10.9 Å². The van der Waals surface area contributed by atoms with E-state index in [1.807, 2.05) is 22.9 Å². The maximum atomic E-state index is 5.58. The van der Waals surface area contributed by atoms with Gasteiger partial charge >= 0.3 is 0 Å². The molecule has 2 aromatic rings. The smallest absolute Gasteiger partial charge is 0.146 e. The van der Waals surface area contributed by atoms with Crippen LogP contribution in [0.5, 0.6) is 5.75 Å². The van der Waals surface area contributed by atoms with E-state index in [-0.39, 0.29) is 0 Å². The lowest BCUT2D eigenvalue weighted by Crippen LogP contribution is -1.95. The number of hydrogen-bond donors (Lipinski definition) is 0. The second-order valence-electron chi connectivity index (χ2n) is 2.94. The van der Waals surface area contributed by atoms with Crippen molar-refractivity contribution < 1.29 is 4.74 Å². The molecule has 0 fully saturated rings. The van der Waals surface area contributed by atoms with E-state index in [0.29, 0.717) is 6.61 Å². The number of ether oxygens (including phenoxy) is 1. The van der Waals surface area contributed by atoms with Crippen molar-refractivity contribution in [1.82, 2.24) is 4.98 Å². The van der Waals surface area contributed by atoms with E-state index in [9.17, 15) is 0 Å². The molecule has 3 heteroatoms. The molecule has 2 heterocycles. The summed E-state index contributed by atoms with van der Waals surface area (Å²) in [5.41, 5.74) is 1.84. The molecule has 0 N–H and O–H groups in total. The van der Waals surface area contributed by atoms with Crippen LogP contribution >= 0.6 is 11.3 Å². The van der Waals surface area contributed by atoms with Gasteiger partial charge in [0.15, 0.2) is 0 Å². The molecular weight excluding hydrogens is 206 g/mol. The third kappa shape index (κ3) is 2.36. The van der Waals surface area contributed by atoms with E-state index < -0.39 is 0 Å². The normalized spacial score (nSPS) is 9.53. The molecule has 0 atom stereocenters. The van der Waals surface area contributed by atoms with E-state index in [1.165, 1.54) is 0 Å². The fraction of sp³-hybridized carbons (Fsp3) is 0.0833. The van der Waals surface area contributed by atoms with Gasteiger partial charge in [0.05, 0.1) is 5.56 Å². The molecule has 0 saturated carbocycles. The minimum Gasteiger partial charge on any atom is -0.487 e. The number of thiophene rings is 1. The summed E-state index contributed by atoms with van der Waals surface area (Å²) in [4.78, 5) is 4.01. The predicted molar refractivity (Wildman–Crippen MR) is 60.8 cm³/mol. The number of rotatable bonds is 3. The lowest BCUT2D eigenvalue weighted by Gasteiger charge is -2.03.